The lowest BCUT2D eigenvalue weighted by molar-refractivity contribution is -0.134. The number of hydrogen-bond acceptors (Lipinski definition) is 3. The van der Waals surface area contributed by atoms with Crippen LogP contribution in [0.1, 0.15) is 40.0 Å². The van der Waals surface area contributed by atoms with Gasteiger partial charge in [-0.1, -0.05) is 39.0 Å². The molecule has 4 rings (SSSR count). The summed E-state index contributed by atoms with van der Waals surface area (Å²) in [5.74, 6) is 2.31. The van der Waals surface area contributed by atoms with Crippen molar-refractivity contribution >= 4 is 5.91 Å². The topological polar surface area (TPSA) is 38.8 Å². The van der Waals surface area contributed by atoms with E-state index in [-0.39, 0.29) is 17.9 Å². The van der Waals surface area contributed by atoms with Crippen LogP contribution < -0.4 is 9.47 Å². The molecule has 1 amide bonds. The normalized spacial score (nSPS) is 25.4. The second kappa shape index (κ2) is 7.16. The van der Waals surface area contributed by atoms with Crippen molar-refractivity contribution in [1.29, 1.82) is 0 Å². The van der Waals surface area contributed by atoms with Crippen LogP contribution in [0.5, 0.6) is 17.2 Å². The number of para-hydroxylation sites is 1. The van der Waals surface area contributed by atoms with E-state index < -0.39 is 0 Å². The zero-order valence-electron chi connectivity index (χ0n) is 17.0. The second-order valence-electron chi connectivity index (χ2n) is 9.41. The van der Waals surface area contributed by atoms with Crippen molar-refractivity contribution in [1.82, 2.24) is 4.90 Å². The Bertz CT molecular complexity index is 831. The maximum Gasteiger partial charge on any atom is 0.260 e. The van der Waals surface area contributed by atoms with Gasteiger partial charge in [-0.05, 0) is 66.5 Å². The molecule has 0 aromatic heterocycles. The summed E-state index contributed by atoms with van der Waals surface area (Å²) in [5.41, 5.74) is 0.556. The minimum absolute atomic E-state index is 0.0892. The molecule has 2 aliphatic rings. The van der Waals surface area contributed by atoms with Gasteiger partial charge in [-0.2, -0.15) is 0 Å². The number of hydrogen-bond donors (Lipinski definition) is 0. The average Bonchev–Trinajstić information content (AvgIpc) is 2.90. The molecule has 4 heteroatoms. The smallest absolute Gasteiger partial charge is 0.260 e. The fourth-order valence-corrected chi connectivity index (χ4v) is 5.21. The predicted molar refractivity (Wildman–Crippen MR) is 110 cm³/mol. The minimum atomic E-state index is 0.0892. The van der Waals surface area contributed by atoms with E-state index in [2.05, 4.69) is 25.7 Å². The molecule has 0 unspecified atom stereocenters. The van der Waals surface area contributed by atoms with Crippen LogP contribution in [0.15, 0.2) is 54.6 Å². The summed E-state index contributed by atoms with van der Waals surface area (Å²) in [6.45, 7) is 7.90. The number of rotatable bonds is 5. The van der Waals surface area contributed by atoms with E-state index in [1.165, 1.54) is 6.42 Å². The molecule has 2 aromatic carbocycles. The Labute approximate surface area is 167 Å². The van der Waals surface area contributed by atoms with Crippen molar-refractivity contribution in [2.75, 3.05) is 13.2 Å². The van der Waals surface area contributed by atoms with Gasteiger partial charge in [0.25, 0.3) is 5.91 Å². The van der Waals surface area contributed by atoms with Gasteiger partial charge >= 0.3 is 0 Å². The fraction of sp³-hybridized carbons (Fsp3) is 0.458. The van der Waals surface area contributed by atoms with Gasteiger partial charge in [-0.3, -0.25) is 4.79 Å². The van der Waals surface area contributed by atoms with Crippen LogP contribution in [0.3, 0.4) is 0 Å². The lowest BCUT2D eigenvalue weighted by atomic mass is 9.65. The number of ether oxygens (including phenoxy) is 2. The van der Waals surface area contributed by atoms with Gasteiger partial charge in [0.1, 0.15) is 17.2 Å². The lowest BCUT2D eigenvalue weighted by Crippen LogP contribution is -2.40. The number of fused-ring (bicyclic) bond motifs is 2. The van der Waals surface area contributed by atoms with Gasteiger partial charge in [0.05, 0.1) is 0 Å². The second-order valence-corrected chi connectivity index (χ2v) is 9.41. The molecule has 2 fully saturated rings. The summed E-state index contributed by atoms with van der Waals surface area (Å²) in [6, 6.07) is 17.4. The van der Waals surface area contributed by atoms with Crippen molar-refractivity contribution in [2.24, 2.45) is 10.8 Å². The van der Waals surface area contributed by atoms with Crippen LogP contribution in [-0.4, -0.2) is 30.0 Å². The van der Waals surface area contributed by atoms with Crippen molar-refractivity contribution in [3.05, 3.63) is 54.6 Å². The standard InChI is InChI=1S/C24H29NO3/c1-23(2)13-18-14-24(3,16-23)17-25(18)22(26)15-27-19-9-11-21(12-10-19)28-20-7-5-4-6-8-20/h4-12,18H,13-17H2,1-3H3/t18-,24-/m0/s1. The van der Waals surface area contributed by atoms with Gasteiger partial charge in [-0.25, -0.2) is 0 Å². The van der Waals surface area contributed by atoms with Crippen molar-refractivity contribution in [3.8, 4) is 17.2 Å². The molecule has 1 aliphatic carbocycles. The van der Waals surface area contributed by atoms with E-state index >= 15 is 0 Å². The van der Waals surface area contributed by atoms with Gasteiger partial charge in [0.15, 0.2) is 6.61 Å². The first-order chi connectivity index (χ1) is 13.3. The van der Waals surface area contributed by atoms with Gasteiger partial charge in [0, 0.05) is 12.6 Å². The Kier molecular flexibility index (Phi) is 4.82. The van der Waals surface area contributed by atoms with E-state index in [0.29, 0.717) is 17.2 Å². The number of likely N-dealkylation sites (tertiary alicyclic amines) is 1. The highest BCUT2D eigenvalue weighted by molar-refractivity contribution is 5.78. The van der Waals surface area contributed by atoms with Crippen molar-refractivity contribution in [3.63, 3.8) is 0 Å². The van der Waals surface area contributed by atoms with E-state index in [1.807, 2.05) is 54.6 Å². The molecule has 0 radical (unpaired) electrons. The molecule has 2 atom stereocenters. The molecular weight excluding hydrogens is 350 g/mol. The van der Waals surface area contributed by atoms with E-state index in [9.17, 15) is 4.79 Å². The molecule has 4 nitrogen and oxygen atoms in total. The molecule has 28 heavy (non-hydrogen) atoms. The number of carbonyl (C=O) groups excluding carboxylic acids is 1. The number of nitrogens with zero attached hydrogens (tertiary/aromatic N) is 1. The van der Waals surface area contributed by atoms with Crippen LogP contribution in [-0.2, 0) is 4.79 Å². The highest BCUT2D eigenvalue weighted by atomic mass is 16.5. The van der Waals surface area contributed by atoms with E-state index in [1.54, 1.807) is 0 Å². The van der Waals surface area contributed by atoms with Crippen LogP contribution in [0.2, 0.25) is 0 Å². The fourth-order valence-electron chi connectivity index (χ4n) is 5.21. The van der Waals surface area contributed by atoms with E-state index in [4.69, 9.17) is 9.47 Å². The average molecular weight is 380 g/mol. The zero-order chi connectivity index (χ0) is 19.8. The monoisotopic (exact) mass is 379 g/mol. The Morgan fingerprint density at radius 3 is 2.32 bits per heavy atom. The quantitative estimate of drug-likeness (QED) is 0.709. The first-order valence-electron chi connectivity index (χ1n) is 10.1. The highest BCUT2D eigenvalue weighted by Crippen LogP contribution is 2.52. The summed E-state index contributed by atoms with van der Waals surface area (Å²) in [6.07, 6.45) is 3.39. The number of amides is 1. The lowest BCUT2D eigenvalue weighted by Gasteiger charge is -2.39. The third-order valence-corrected chi connectivity index (χ3v) is 5.90. The summed E-state index contributed by atoms with van der Waals surface area (Å²) in [4.78, 5) is 14.9. The molecular formula is C24H29NO3. The highest BCUT2D eigenvalue weighted by Gasteiger charge is 2.50. The SMILES string of the molecule is CC1(C)C[C@H]2C[C@](C)(CN2C(=O)COc2ccc(Oc3ccccc3)cc2)C1. The van der Waals surface area contributed by atoms with E-state index in [0.717, 1.165) is 30.9 Å². The van der Waals surface area contributed by atoms with Crippen molar-refractivity contribution < 1.29 is 14.3 Å². The molecule has 2 bridgehead atoms. The van der Waals surface area contributed by atoms with Crippen LogP contribution >= 0.6 is 0 Å². The molecule has 148 valence electrons. The summed E-state index contributed by atoms with van der Waals surface area (Å²) in [5, 5.41) is 0. The number of benzene rings is 2. The Morgan fingerprint density at radius 1 is 0.964 bits per heavy atom. The largest absolute Gasteiger partial charge is 0.484 e. The Hall–Kier alpha value is -2.49. The number of carbonyl (C=O) groups is 1. The van der Waals surface area contributed by atoms with Gasteiger partial charge in [0.2, 0.25) is 0 Å². The van der Waals surface area contributed by atoms with Crippen LogP contribution in [0.4, 0.5) is 0 Å². The third kappa shape index (κ3) is 4.16. The minimum Gasteiger partial charge on any atom is -0.484 e. The molecule has 0 spiro atoms. The third-order valence-electron chi connectivity index (χ3n) is 5.90. The van der Waals surface area contributed by atoms with Gasteiger partial charge in [-0.15, -0.1) is 0 Å². The molecule has 1 saturated carbocycles. The molecule has 1 saturated heterocycles. The summed E-state index contributed by atoms with van der Waals surface area (Å²) in [7, 11) is 0. The summed E-state index contributed by atoms with van der Waals surface area (Å²) >= 11 is 0. The van der Waals surface area contributed by atoms with Gasteiger partial charge < -0.3 is 14.4 Å². The van der Waals surface area contributed by atoms with Crippen molar-refractivity contribution in [2.45, 2.75) is 46.1 Å². The first kappa shape index (κ1) is 18.9. The molecule has 1 aliphatic heterocycles. The predicted octanol–water partition coefficient (Wildman–Crippen LogP) is 5.28. The Morgan fingerprint density at radius 2 is 1.61 bits per heavy atom. The first-order valence-corrected chi connectivity index (χ1v) is 10.1. The maximum absolute atomic E-state index is 12.8. The Balaban J connectivity index is 1.33. The molecule has 0 N–H and O–H groups in total. The molecule has 2 aromatic rings. The zero-order valence-corrected chi connectivity index (χ0v) is 17.0. The van der Waals surface area contributed by atoms with Crippen LogP contribution in [0, 0.1) is 10.8 Å². The van der Waals surface area contributed by atoms with Crippen LogP contribution in [0.25, 0.3) is 0 Å². The maximum atomic E-state index is 12.8. The molecule has 1 heterocycles. The summed E-state index contributed by atoms with van der Waals surface area (Å²) < 4.78 is 11.6.